The summed E-state index contributed by atoms with van der Waals surface area (Å²) in [6.45, 7) is 7.77. The lowest BCUT2D eigenvalue weighted by Gasteiger charge is -2.26. The summed E-state index contributed by atoms with van der Waals surface area (Å²) >= 11 is 0. The van der Waals surface area contributed by atoms with E-state index in [0.717, 1.165) is 51.4 Å². The Morgan fingerprint density at radius 3 is 2.77 bits per heavy atom. The van der Waals surface area contributed by atoms with Crippen LogP contribution < -0.4 is 5.73 Å². The van der Waals surface area contributed by atoms with E-state index in [0.29, 0.717) is 6.54 Å². The Balaban J connectivity index is 1.66. The summed E-state index contributed by atoms with van der Waals surface area (Å²) in [6, 6.07) is 7.98. The number of carbonyl (C=O) groups is 1. The molecule has 22 heavy (non-hydrogen) atoms. The van der Waals surface area contributed by atoms with Gasteiger partial charge in [0.05, 0.1) is 13.2 Å². The maximum atomic E-state index is 12.6. The second-order valence-corrected chi connectivity index (χ2v) is 6.72. The van der Waals surface area contributed by atoms with Gasteiger partial charge in [0.25, 0.3) is 5.91 Å². The van der Waals surface area contributed by atoms with E-state index in [9.17, 15) is 4.79 Å². The highest BCUT2D eigenvalue weighted by atomic mass is 16.5. The lowest BCUT2D eigenvalue weighted by atomic mass is 10.0. The van der Waals surface area contributed by atoms with Crippen LogP contribution in [0.2, 0.25) is 0 Å². The molecule has 2 fully saturated rings. The maximum absolute atomic E-state index is 12.6. The number of hydrogen-bond acceptors (Lipinski definition) is 4. The highest BCUT2D eigenvalue weighted by molar-refractivity contribution is 5.94. The van der Waals surface area contributed by atoms with Crippen LogP contribution in [0.4, 0.5) is 0 Å². The fraction of sp³-hybridized carbons (Fsp3) is 0.588. The summed E-state index contributed by atoms with van der Waals surface area (Å²) in [5, 5.41) is 0. The molecule has 2 aliphatic heterocycles. The average Bonchev–Trinajstić information content (AvgIpc) is 2.88. The number of hydrogen-bond donors (Lipinski definition) is 1. The molecule has 1 aromatic rings. The number of amides is 1. The predicted octanol–water partition coefficient (Wildman–Crippen LogP) is 1.08. The monoisotopic (exact) mass is 303 g/mol. The number of rotatable bonds is 3. The van der Waals surface area contributed by atoms with Gasteiger partial charge in [-0.3, -0.25) is 9.69 Å². The Hall–Kier alpha value is -1.43. The van der Waals surface area contributed by atoms with Crippen LogP contribution in [0.3, 0.4) is 0 Å². The molecule has 0 spiro atoms. The van der Waals surface area contributed by atoms with E-state index in [1.165, 1.54) is 5.56 Å². The Kier molecular flexibility index (Phi) is 4.47. The molecule has 3 rings (SSSR count). The molecule has 0 bridgehead atoms. The van der Waals surface area contributed by atoms with Crippen molar-refractivity contribution in [2.45, 2.75) is 25.4 Å². The minimum Gasteiger partial charge on any atom is -0.379 e. The number of nitrogens with zero attached hydrogens (tertiary/aromatic N) is 2. The number of morpholine rings is 1. The van der Waals surface area contributed by atoms with Crippen molar-refractivity contribution < 1.29 is 9.53 Å². The van der Waals surface area contributed by atoms with E-state index < -0.39 is 0 Å². The second-order valence-electron chi connectivity index (χ2n) is 6.72. The van der Waals surface area contributed by atoms with Crippen molar-refractivity contribution in [3.63, 3.8) is 0 Å². The summed E-state index contributed by atoms with van der Waals surface area (Å²) < 4.78 is 5.37. The third-order valence-corrected chi connectivity index (χ3v) is 4.48. The Morgan fingerprint density at radius 2 is 2.09 bits per heavy atom. The van der Waals surface area contributed by atoms with Crippen LogP contribution in [0.15, 0.2) is 24.3 Å². The van der Waals surface area contributed by atoms with E-state index in [4.69, 9.17) is 10.5 Å². The number of benzene rings is 1. The van der Waals surface area contributed by atoms with Gasteiger partial charge in [0.1, 0.15) is 0 Å². The zero-order chi connectivity index (χ0) is 15.6. The zero-order valence-electron chi connectivity index (χ0n) is 13.3. The first kappa shape index (κ1) is 15.5. The van der Waals surface area contributed by atoms with Crippen LogP contribution >= 0.6 is 0 Å². The highest BCUT2D eigenvalue weighted by Crippen LogP contribution is 2.20. The van der Waals surface area contributed by atoms with Gasteiger partial charge in [0, 0.05) is 43.8 Å². The van der Waals surface area contributed by atoms with E-state index in [1.807, 2.05) is 30.0 Å². The third-order valence-electron chi connectivity index (χ3n) is 4.48. The van der Waals surface area contributed by atoms with Crippen molar-refractivity contribution in [2.75, 3.05) is 39.4 Å². The summed E-state index contributed by atoms with van der Waals surface area (Å²) in [7, 11) is 0. The van der Waals surface area contributed by atoms with Crippen molar-refractivity contribution in [3.8, 4) is 0 Å². The molecule has 2 aliphatic rings. The second kappa shape index (κ2) is 6.36. The van der Waals surface area contributed by atoms with Gasteiger partial charge in [-0.05, 0) is 31.0 Å². The Bertz CT molecular complexity index is 538. The minimum atomic E-state index is -0.249. The van der Waals surface area contributed by atoms with Crippen LogP contribution in [0.5, 0.6) is 0 Å². The van der Waals surface area contributed by atoms with Gasteiger partial charge in [-0.25, -0.2) is 0 Å². The number of ether oxygens (including phenoxy) is 1. The standard InChI is InChI=1S/C17H25N3O2/c1-17(18)5-6-20(13-17)16(21)15-4-2-3-14(11-15)12-19-7-9-22-10-8-19/h2-4,11H,5-10,12-13,18H2,1H3/t17-/m0/s1. The van der Waals surface area contributed by atoms with Gasteiger partial charge in [0.2, 0.25) is 0 Å². The molecule has 5 heteroatoms. The number of carbonyl (C=O) groups excluding carboxylic acids is 1. The van der Waals surface area contributed by atoms with E-state index in [1.54, 1.807) is 0 Å². The summed E-state index contributed by atoms with van der Waals surface area (Å²) in [6.07, 6.45) is 0.867. The first-order valence-electron chi connectivity index (χ1n) is 8.01. The van der Waals surface area contributed by atoms with Crippen molar-refractivity contribution in [3.05, 3.63) is 35.4 Å². The molecule has 0 radical (unpaired) electrons. The molecule has 0 unspecified atom stereocenters. The average molecular weight is 303 g/mol. The SMILES string of the molecule is C[C@]1(N)CCN(C(=O)c2cccc(CN3CCOCC3)c2)C1. The Morgan fingerprint density at radius 1 is 1.32 bits per heavy atom. The van der Waals surface area contributed by atoms with Gasteiger partial charge in [-0.15, -0.1) is 0 Å². The quantitative estimate of drug-likeness (QED) is 0.908. The predicted molar refractivity (Wildman–Crippen MR) is 85.7 cm³/mol. The van der Waals surface area contributed by atoms with Crippen LogP contribution in [0.25, 0.3) is 0 Å². The van der Waals surface area contributed by atoms with Gasteiger partial charge in [0.15, 0.2) is 0 Å². The molecule has 2 N–H and O–H groups in total. The molecule has 2 saturated heterocycles. The van der Waals surface area contributed by atoms with Gasteiger partial charge < -0.3 is 15.4 Å². The molecule has 0 aliphatic carbocycles. The first-order valence-corrected chi connectivity index (χ1v) is 8.01. The van der Waals surface area contributed by atoms with Gasteiger partial charge in [-0.1, -0.05) is 12.1 Å². The van der Waals surface area contributed by atoms with Crippen LogP contribution in [-0.2, 0) is 11.3 Å². The molecule has 1 aromatic carbocycles. The van der Waals surface area contributed by atoms with Crippen molar-refractivity contribution in [1.29, 1.82) is 0 Å². The molecular formula is C17H25N3O2. The molecule has 0 saturated carbocycles. The fourth-order valence-corrected chi connectivity index (χ4v) is 3.16. The van der Waals surface area contributed by atoms with Crippen molar-refractivity contribution in [2.24, 2.45) is 5.73 Å². The van der Waals surface area contributed by atoms with E-state index >= 15 is 0 Å². The molecule has 1 amide bonds. The summed E-state index contributed by atoms with van der Waals surface area (Å²) in [5.74, 6) is 0.0954. The largest absolute Gasteiger partial charge is 0.379 e. The molecule has 2 heterocycles. The molecule has 0 aromatic heterocycles. The zero-order valence-corrected chi connectivity index (χ0v) is 13.3. The first-order chi connectivity index (χ1) is 10.5. The fourth-order valence-electron chi connectivity index (χ4n) is 3.16. The molecule has 120 valence electrons. The van der Waals surface area contributed by atoms with Crippen molar-refractivity contribution >= 4 is 5.91 Å². The molecular weight excluding hydrogens is 278 g/mol. The number of likely N-dealkylation sites (tertiary alicyclic amines) is 1. The van der Waals surface area contributed by atoms with Crippen LogP contribution in [-0.4, -0.2) is 60.6 Å². The highest BCUT2D eigenvalue weighted by Gasteiger charge is 2.32. The molecule has 5 nitrogen and oxygen atoms in total. The Labute approximate surface area is 132 Å². The smallest absolute Gasteiger partial charge is 0.253 e. The summed E-state index contributed by atoms with van der Waals surface area (Å²) in [5.41, 5.74) is 7.83. The van der Waals surface area contributed by atoms with Crippen LogP contribution in [0, 0.1) is 0 Å². The van der Waals surface area contributed by atoms with Crippen molar-refractivity contribution in [1.82, 2.24) is 9.80 Å². The number of nitrogens with two attached hydrogens (primary N) is 1. The maximum Gasteiger partial charge on any atom is 0.253 e. The third kappa shape index (κ3) is 3.66. The lowest BCUT2D eigenvalue weighted by molar-refractivity contribution is 0.0341. The topological polar surface area (TPSA) is 58.8 Å². The van der Waals surface area contributed by atoms with Crippen LogP contribution in [0.1, 0.15) is 29.3 Å². The normalized spacial score (nSPS) is 26.4. The molecule has 1 atom stereocenters. The van der Waals surface area contributed by atoms with Gasteiger partial charge in [-0.2, -0.15) is 0 Å². The van der Waals surface area contributed by atoms with E-state index in [2.05, 4.69) is 11.0 Å². The van der Waals surface area contributed by atoms with E-state index in [-0.39, 0.29) is 11.4 Å². The minimum absolute atomic E-state index is 0.0954. The lowest BCUT2D eigenvalue weighted by Crippen LogP contribution is -2.40. The summed E-state index contributed by atoms with van der Waals surface area (Å²) in [4.78, 5) is 16.8. The van der Waals surface area contributed by atoms with Gasteiger partial charge >= 0.3 is 0 Å².